The number of benzene rings is 1. The van der Waals surface area contributed by atoms with Crippen LogP contribution in [-0.4, -0.2) is 32.7 Å². The Bertz CT molecular complexity index is 448. The minimum Gasteiger partial charge on any atom is -0.541 e. The van der Waals surface area contributed by atoms with Crippen LogP contribution >= 0.6 is 0 Å². The standard InChI is InChI=1S/C17H33NOSi2/c1-12(2)21(13(3)4,14(5)6)19-17-10-9-15(20)11-16(17)18(7)8/h9-14H,1-8,20H3. The van der Waals surface area contributed by atoms with Gasteiger partial charge < -0.3 is 9.33 Å². The zero-order chi connectivity index (χ0) is 16.4. The average molecular weight is 324 g/mol. The van der Waals surface area contributed by atoms with Gasteiger partial charge >= 0.3 is 0 Å². The number of nitrogens with zero attached hydrogens (tertiary/aromatic N) is 1. The number of anilines is 1. The quantitative estimate of drug-likeness (QED) is 0.745. The lowest BCUT2D eigenvalue weighted by Crippen LogP contribution is -2.50. The highest BCUT2D eigenvalue weighted by molar-refractivity contribution is 6.78. The fraction of sp³-hybridized carbons (Fsp3) is 0.647. The van der Waals surface area contributed by atoms with Crippen molar-refractivity contribution in [2.24, 2.45) is 0 Å². The van der Waals surface area contributed by atoms with E-state index in [1.165, 1.54) is 10.9 Å². The van der Waals surface area contributed by atoms with Gasteiger partial charge in [0.25, 0.3) is 8.32 Å². The second kappa shape index (κ2) is 7.01. The molecule has 0 saturated carbocycles. The molecule has 0 aliphatic heterocycles. The highest BCUT2D eigenvalue weighted by atomic mass is 28.4. The van der Waals surface area contributed by atoms with Crippen molar-refractivity contribution in [1.29, 1.82) is 0 Å². The van der Waals surface area contributed by atoms with E-state index in [0.717, 1.165) is 16.0 Å². The molecule has 0 spiro atoms. The van der Waals surface area contributed by atoms with Crippen LogP contribution in [0.3, 0.4) is 0 Å². The van der Waals surface area contributed by atoms with Gasteiger partial charge in [0.2, 0.25) is 0 Å². The molecule has 0 amide bonds. The topological polar surface area (TPSA) is 12.5 Å². The van der Waals surface area contributed by atoms with E-state index in [1.54, 1.807) is 0 Å². The molecule has 1 aromatic carbocycles. The van der Waals surface area contributed by atoms with Gasteiger partial charge in [-0.1, -0.05) is 52.8 Å². The van der Waals surface area contributed by atoms with Crippen LogP contribution in [0.5, 0.6) is 5.75 Å². The summed E-state index contributed by atoms with van der Waals surface area (Å²) in [6, 6.07) is 6.68. The molecule has 0 aromatic heterocycles. The lowest BCUT2D eigenvalue weighted by molar-refractivity contribution is 0.480. The molecule has 0 heterocycles. The number of hydrogen-bond donors (Lipinski definition) is 0. The Kier molecular flexibility index (Phi) is 6.11. The molecule has 0 aliphatic carbocycles. The lowest BCUT2D eigenvalue weighted by atomic mass is 10.3. The second-order valence-corrected chi connectivity index (χ2v) is 13.8. The summed E-state index contributed by atoms with van der Waals surface area (Å²) in [5.41, 5.74) is 3.02. The molecule has 0 saturated heterocycles. The third-order valence-electron chi connectivity index (χ3n) is 4.59. The molecule has 1 aromatic rings. The molecule has 0 fully saturated rings. The maximum Gasteiger partial charge on any atom is 0.258 e. The first-order chi connectivity index (χ1) is 9.62. The molecule has 0 aliphatic rings. The first-order valence-corrected chi connectivity index (χ1v) is 11.2. The fourth-order valence-corrected chi connectivity index (χ4v) is 9.31. The van der Waals surface area contributed by atoms with Gasteiger partial charge in [0.05, 0.1) is 5.69 Å². The first-order valence-electron chi connectivity index (χ1n) is 8.09. The Hall–Kier alpha value is -0.746. The van der Waals surface area contributed by atoms with E-state index in [-0.39, 0.29) is 0 Å². The summed E-state index contributed by atoms with van der Waals surface area (Å²) >= 11 is 0. The van der Waals surface area contributed by atoms with Crippen LogP contribution in [-0.2, 0) is 0 Å². The predicted octanol–water partition coefficient (Wildman–Crippen LogP) is 3.30. The molecular formula is C17H33NOSi2. The molecule has 0 atom stereocenters. The summed E-state index contributed by atoms with van der Waals surface area (Å²) in [5, 5.41) is 1.41. The SMILES string of the molecule is CC(C)[Si](Oc1ccc([SiH3])cc1N(C)C)(C(C)C)C(C)C. The Labute approximate surface area is 135 Å². The number of hydrogen-bond acceptors (Lipinski definition) is 2. The van der Waals surface area contributed by atoms with Gasteiger partial charge in [-0.15, -0.1) is 0 Å². The van der Waals surface area contributed by atoms with Crippen molar-refractivity contribution >= 4 is 29.4 Å². The van der Waals surface area contributed by atoms with Crippen LogP contribution in [0.25, 0.3) is 0 Å². The molecule has 0 unspecified atom stereocenters. The van der Waals surface area contributed by atoms with Crippen LogP contribution < -0.4 is 14.5 Å². The van der Waals surface area contributed by atoms with Gasteiger partial charge in [0, 0.05) is 24.3 Å². The van der Waals surface area contributed by atoms with Crippen molar-refractivity contribution < 1.29 is 4.43 Å². The summed E-state index contributed by atoms with van der Waals surface area (Å²) in [4.78, 5) is 2.18. The van der Waals surface area contributed by atoms with Crippen LogP contribution in [0, 0.1) is 0 Å². The van der Waals surface area contributed by atoms with Crippen molar-refractivity contribution in [3.05, 3.63) is 18.2 Å². The average Bonchev–Trinajstić information content (AvgIpc) is 2.35. The summed E-state index contributed by atoms with van der Waals surface area (Å²) < 4.78 is 6.85. The van der Waals surface area contributed by atoms with Gasteiger partial charge in [0.1, 0.15) is 5.75 Å². The monoisotopic (exact) mass is 323 g/mol. The maximum atomic E-state index is 6.85. The molecule has 120 valence electrons. The van der Waals surface area contributed by atoms with Gasteiger partial charge in [-0.2, -0.15) is 0 Å². The minimum absolute atomic E-state index is 0.600. The number of rotatable bonds is 6. The molecule has 1 rings (SSSR count). The highest BCUT2D eigenvalue weighted by Gasteiger charge is 2.47. The molecular weight excluding hydrogens is 290 g/mol. The normalized spacial score (nSPS) is 12.5. The Morgan fingerprint density at radius 3 is 1.81 bits per heavy atom. The highest BCUT2D eigenvalue weighted by Crippen LogP contribution is 2.44. The Morgan fingerprint density at radius 1 is 0.952 bits per heavy atom. The van der Waals surface area contributed by atoms with E-state index in [9.17, 15) is 0 Å². The molecule has 21 heavy (non-hydrogen) atoms. The zero-order valence-electron chi connectivity index (χ0n) is 15.3. The van der Waals surface area contributed by atoms with Crippen molar-refractivity contribution in [2.45, 2.75) is 58.2 Å². The molecule has 0 bridgehead atoms. The lowest BCUT2D eigenvalue weighted by Gasteiger charge is -2.43. The molecule has 2 nitrogen and oxygen atoms in total. The van der Waals surface area contributed by atoms with Gasteiger partial charge in [-0.3, -0.25) is 0 Å². The summed E-state index contributed by atoms with van der Waals surface area (Å²) in [6.07, 6.45) is 0. The first kappa shape index (κ1) is 18.3. The van der Waals surface area contributed by atoms with Crippen molar-refractivity contribution in [3.63, 3.8) is 0 Å². The van der Waals surface area contributed by atoms with E-state index in [1.807, 2.05) is 0 Å². The molecule has 4 heteroatoms. The largest absolute Gasteiger partial charge is 0.541 e. The second-order valence-electron chi connectivity index (χ2n) is 7.29. The smallest absolute Gasteiger partial charge is 0.258 e. The third kappa shape index (κ3) is 3.72. The summed E-state index contributed by atoms with van der Waals surface area (Å²) in [6.45, 7) is 14.0. The van der Waals surface area contributed by atoms with E-state index in [2.05, 4.69) is 78.7 Å². The maximum absolute atomic E-state index is 6.85. The van der Waals surface area contributed by atoms with Crippen LogP contribution in [0.2, 0.25) is 16.6 Å². The van der Waals surface area contributed by atoms with Crippen LogP contribution in [0.1, 0.15) is 41.5 Å². The van der Waals surface area contributed by atoms with Crippen molar-refractivity contribution in [2.75, 3.05) is 19.0 Å². The van der Waals surface area contributed by atoms with Gasteiger partial charge in [0.15, 0.2) is 0 Å². The molecule has 0 N–H and O–H groups in total. The van der Waals surface area contributed by atoms with Crippen LogP contribution in [0.15, 0.2) is 18.2 Å². The predicted molar refractivity (Wildman–Crippen MR) is 102 cm³/mol. The van der Waals surface area contributed by atoms with Gasteiger partial charge in [-0.25, -0.2) is 0 Å². The van der Waals surface area contributed by atoms with Crippen molar-refractivity contribution in [3.8, 4) is 5.75 Å². The molecule has 0 radical (unpaired) electrons. The van der Waals surface area contributed by atoms with Crippen molar-refractivity contribution in [1.82, 2.24) is 0 Å². The minimum atomic E-state index is -1.88. The van der Waals surface area contributed by atoms with E-state index in [4.69, 9.17) is 4.43 Å². The van der Waals surface area contributed by atoms with Crippen LogP contribution in [0.4, 0.5) is 5.69 Å². The Morgan fingerprint density at radius 2 is 1.43 bits per heavy atom. The Balaban J connectivity index is 3.34. The van der Waals surface area contributed by atoms with E-state index < -0.39 is 8.32 Å². The van der Waals surface area contributed by atoms with E-state index >= 15 is 0 Å². The summed E-state index contributed by atoms with van der Waals surface area (Å²) in [5.74, 6) is 1.07. The summed E-state index contributed by atoms with van der Waals surface area (Å²) in [7, 11) is 3.41. The van der Waals surface area contributed by atoms with E-state index in [0.29, 0.717) is 16.6 Å². The third-order valence-corrected chi connectivity index (χ3v) is 11.2. The van der Waals surface area contributed by atoms with Gasteiger partial charge in [-0.05, 0) is 28.8 Å². The zero-order valence-corrected chi connectivity index (χ0v) is 18.3. The fourth-order valence-electron chi connectivity index (χ4n) is 3.61.